The lowest BCUT2D eigenvalue weighted by molar-refractivity contribution is -0.169. The van der Waals surface area contributed by atoms with Gasteiger partial charge in [-0.1, -0.05) is 48.5 Å². The summed E-state index contributed by atoms with van der Waals surface area (Å²) in [4.78, 5) is 54.3. The van der Waals surface area contributed by atoms with E-state index in [1.807, 2.05) is 30.3 Å². The highest BCUT2D eigenvalue weighted by molar-refractivity contribution is 7.89. The molecule has 3 saturated heterocycles. The number of hydrogen-bond acceptors (Lipinski definition) is 8. The molecular weight excluding hydrogens is 542 g/mol. The molecule has 0 aromatic heterocycles. The van der Waals surface area contributed by atoms with Gasteiger partial charge in [-0.25, -0.2) is 28.2 Å². The number of cyclic esters (lactones) is 1. The van der Waals surface area contributed by atoms with E-state index in [9.17, 15) is 27.6 Å². The van der Waals surface area contributed by atoms with E-state index in [-0.39, 0.29) is 43.9 Å². The second-order valence-corrected chi connectivity index (χ2v) is 11.2. The number of rotatable bonds is 8. The summed E-state index contributed by atoms with van der Waals surface area (Å²) in [5.41, 5.74) is 0.852. The zero-order valence-electron chi connectivity index (χ0n) is 21.5. The normalized spacial score (nSPS) is 23.4. The fourth-order valence-corrected chi connectivity index (χ4v) is 5.91. The minimum Gasteiger partial charge on any atom is -0.433 e. The fourth-order valence-electron chi connectivity index (χ4n) is 4.83. The third kappa shape index (κ3) is 5.93. The number of hydrazine groups is 2. The Labute approximate surface area is 231 Å². The van der Waals surface area contributed by atoms with Crippen molar-refractivity contribution in [1.29, 1.82) is 0 Å². The largest absolute Gasteiger partial charge is 0.433 e. The van der Waals surface area contributed by atoms with Crippen LogP contribution in [0.25, 0.3) is 0 Å². The first-order chi connectivity index (χ1) is 19.2. The van der Waals surface area contributed by atoms with Gasteiger partial charge >= 0.3 is 12.0 Å². The lowest BCUT2D eigenvalue weighted by Crippen LogP contribution is -2.65. The van der Waals surface area contributed by atoms with Gasteiger partial charge in [0.25, 0.3) is 10.0 Å². The molecule has 3 heterocycles. The van der Waals surface area contributed by atoms with Crippen molar-refractivity contribution in [3.8, 4) is 0 Å². The van der Waals surface area contributed by atoms with E-state index in [1.165, 1.54) is 17.1 Å². The molecular formula is C26H29N5O8S. The van der Waals surface area contributed by atoms with Crippen molar-refractivity contribution >= 4 is 33.8 Å². The van der Waals surface area contributed by atoms with Gasteiger partial charge in [0.1, 0.15) is 12.1 Å². The molecule has 0 aliphatic carbocycles. The number of benzene rings is 2. The molecule has 14 heteroatoms. The molecule has 13 nitrogen and oxygen atoms in total. The van der Waals surface area contributed by atoms with E-state index >= 15 is 0 Å². The smallest absolute Gasteiger partial charge is 0.354 e. The van der Waals surface area contributed by atoms with Crippen LogP contribution in [0, 0.1) is 0 Å². The van der Waals surface area contributed by atoms with Gasteiger partial charge in [0, 0.05) is 19.5 Å². The molecule has 3 fully saturated rings. The Hall–Kier alpha value is -4.01. The number of ether oxygens (including phenoxy) is 2. The van der Waals surface area contributed by atoms with Gasteiger partial charge in [-0.2, -0.15) is 0 Å². The van der Waals surface area contributed by atoms with Gasteiger partial charge in [0.15, 0.2) is 0 Å². The monoisotopic (exact) mass is 571 g/mol. The van der Waals surface area contributed by atoms with E-state index in [0.717, 1.165) is 15.6 Å². The van der Waals surface area contributed by atoms with E-state index in [1.54, 1.807) is 18.2 Å². The highest BCUT2D eigenvalue weighted by Crippen LogP contribution is 2.25. The van der Waals surface area contributed by atoms with Crippen LogP contribution in [0.1, 0.15) is 31.2 Å². The summed E-state index contributed by atoms with van der Waals surface area (Å²) in [7, 11) is -4.14. The zero-order chi connectivity index (χ0) is 28.3. The van der Waals surface area contributed by atoms with Crippen molar-refractivity contribution < 1.29 is 37.1 Å². The molecule has 0 saturated carbocycles. The molecule has 3 unspecified atom stereocenters. The van der Waals surface area contributed by atoms with E-state index < -0.39 is 52.2 Å². The van der Waals surface area contributed by atoms with Crippen LogP contribution in [0.3, 0.4) is 0 Å². The third-order valence-electron chi connectivity index (χ3n) is 6.80. The maximum absolute atomic E-state index is 13.6. The van der Waals surface area contributed by atoms with E-state index in [2.05, 4.69) is 10.1 Å². The molecule has 3 aliphatic heterocycles. The Morgan fingerprint density at radius 3 is 2.42 bits per heavy atom. The van der Waals surface area contributed by atoms with Crippen LogP contribution in [0.15, 0.2) is 65.6 Å². The molecule has 212 valence electrons. The number of hydrogen-bond donors (Lipinski definition) is 2. The van der Waals surface area contributed by atoms with Gasteiger partial charge in [-0.3, -0.25) is 14.4 Å². The van der Waals surface area contributed by atoms with Crippen LogP contribution in [-0.2, 0) is 40.5 Å². The molecule has 2 aromatic rings. The van der Waals surface area contributed by atoms with Crippen LogP contribution < -0.4 is 10.1 Å². The van der Waals surface area contributed by atoms with Crippen molar-refractivity contribution in [2.45, 2.75) is 55.6 Å². The highest BCUT2D eigenvalue weighted by Gasteiger charge is 2.46. The van der Waals surface area contributed by atoms with Crippen LogP contribution >= 0.6 is 0 Å². The molecule has 2 aromatic carbocycles. The second kappa shape index (κ2) is 11.6. The number of urea groups is 1. The van der Waals surface area contributed by atoms with Crippen LogP contribution in [-0.4, -0.2) is 78.7 Å². The number of carbonyl (C=O) groups is 4. The average molecular weight is 572 g/mol. The van der Waals surface area contributed by atoms with Crippen molar-refractivity contribution in [3.63, 3.8) is 0 Å². The maximum Gasteiger partial charge on any atom is 0.354 e. The molecule has 0 radical (unpaired) electrons. The van der Waals surface area contributed by atoms with Crippen LogP contribution in [0.5, 0.6) is 0 Å². The Morgan fingerprint density at radius 1 is 1.00 bits per heavy atom. The van der Waals surface area contributed by atoms with Gasteiger partial charge in [0.05, 0.1) is 17.9 Å². The molecule has 2 N–H and O–H groups in total. The molecule has 0 bridgehead atoms. The molecule has 3 atom stereocenters. The maximum atomic E-state index is 13.6. The zero-order valence-corrected chi connectivity index (χ0v) is 22.3. The van der Waals surface area contributed by atoms with Gasteiger partial charge in [-0.15, -0.1) is 4.83 Å². The predicted octanol–water partition coefficient (Wildman–Crippen LogP) is 0.888. The quantitative estimate of drug-likeness (QED) is 0.443. The minimum atomic E-state index is -4.14. The summed E-state index contributed by atoms with van der Waals surface area (Å²) in [5, 5.41) is 5.76. The lowest BCUT2D eigenvalue weighted by Gasteiger charge is -2.43. The summed E-state index contributed by atoms with van der Waals surface area (Å²) >= 11 is 0. The number of nitrogens with zero attached hydrogens (tertiary/aromatic N) is 3. The number of sulfonamides is 1. The predicted molar refractivity (Wildman–Crippen MR) is 138 cm³/mol. The SMILES string of the molecule is O=C1CC(NC(=O)C2CCCN3C(=O)CCN(NS(=O)(=O)c4ccccc4)C(=O)N23)C(OCc2ccccc2)O1. The minimum absolute atomic E-state index is 0.0596. The molecule has 5 rings (SSSR count). The number of carbonyl (C=O) groups excluding carboxylic acids is 4. The summed E-state index contributed by atoms with van der Waals surface area (Å²) in [5.74, 6) is -1.58. The summed E-state index contributed by atoms with van der Waals surface area (Å²) in [6.07, 6.45) is -0.645. The first kappa shape index (κ1) is 27.6. The summed E-state index contributed by atoms with van der Waals surface area (Å²) in [6, 6.07) is 13.9. The first-order valence-electron chi connectivity index (χ1n) is 12.9. The summed E-state index contributed by atoms with van der Waals surface area (Å²) < 4.78 is 36.8. The molecule has 40 heavy (non-hydrogen) atoms. The number of fused-ring (bicyclic) bond motifs is 1. The number of nitrogens with one attached hydrogen (secondary N) is 2. The average Bonchev–Trinajstić information content (AvgIpc) is 3.26. The highest BCUT2D eigenvalue weighted by atomic mass is 32.2. The molecule has 4 amide bonds. The van der Waals surface area contributed by atoms with Gasteiger partial charge < -0.3 is 14.8 Å². The van der Waals surface area contributed by atoms with Crippen LogP contribution in [0.2, 0.25) is 0 Å². The lowest BCUT2D eigenvalue weighted by atomic mass is 10.1. The fraction of sp³-hybridized carbons (Fsp3) is 0.385. The van der Waals surface area contributed by atoms with Gasteiger partial charge in [0.2, 0.25) is 18.1 Å². The van der Waals surface area contributed by atoms with Crippen molar-refractivity contribution in [2.24, 2.45) is 0 Å². The number of esters is 1. The van der Waals surface area contributed by atoms with Crippen molar-refractivity contribution in [2.75, 3.05) is 13.1 Å². The third-order valence-corrected chi connectivity index (χ3v) is 8.15. The number of amides is 4. The topological polar surface area (TPSA) is 155 Å². The van der Waals surface area contributed by atoms with E-state index in [4.69, 9.17) is 9.47 Å². The molecule has 0 spiro atoms. The van der Waals surface area contributed by atoms with Crippen molar-refractivity contribution in [3.05, 3.63) is 66.2 Å². The van der Waals surface area contributed by atoms with Gasteiger partial charge in [-0.05, 0) is 30.5 Å². The Bertz CT molecular complexity index is 1370. The van der Waals surface area contributed by atoms with Crippen LogP contribution in [0.4, 0.5) is 4.79 Å². The standard InChI is InChI=1S/C26H29N5O8S/c32-22-13-15-29(28-40(36,37)19-10-5-2-6-11-19)26(35)31-21(12-7-14-30(22)31)24(34)27-20-16-23(33)39-25(20)38-17-18-8-3-1-4-9-18/h1-6,8-11,20-21,25,28H,7,12-17H2,(H,27,34). The Balaban J connectivity index is 1.31. The van der Waals surface area contributed by atoms with E-state index in [0.29, 0.717) is 6.42 Å². The summed E-state index contributed by atoms with van der Waals surface area (Å²) in [6.45, 7) is 0.130. The Morgan fingerprint density at radius 2 is 1.70 bits per heavy atom. The first-order valence-corrected chi connectivity index (χ1v) is 14.3. The Kier molecular flexibility index (Phi) is 8.00. The molecule has 3 aliphatic rings. The second-order valence-electron chi connectivity index (χ2n) is 9.59. The van der Waals surface area contributed by atoms with Crippen molar-refractivity contribution in [1.82, 2.24) is 25.2 Å².